The topological polar surface area (TPSA) is 74.8 Å². The molecule has 0 radical (unpaired) electrons. The van der Waals surface area contributed by atoms with Crippen LogP contribution in [0.25, 0.3) is 6.08 Å². The molecule has 2 aliphatic heterocycles. The summed E-state index contributed by atoms with van der Waals surface area (Å²) in [5.41, 5.74) is 0.694. The van der Waals surface area contributed by atoms with Crippen molar-refractivity contribution in [3.8, 4) is 0 Å². The van der Waals surface area contributed by atoms with Crippen molar-refractivity contribution in [1.82, 2.24) is 9.80 Å². The molecule has 0 aliphatic carbocycles. The monoisotopic (exact) mass is 444 g/mol. The lowest BCUT2D eigenvalue weighted by atomic mass is 10.2. The number of amides is 2. The zero-order valence-electron chi connectivity index (χ0n) is 14.4. The highest BCUT2D eigenvalue weighted by Gasteiger charge is 2.37. The Labute approximate surface area is 172 Å². The van der Waals surface area contributed by atoms with Gasteiger partial charge in [0.15, 0.2) is 9.84 Å². The molecule has 2 aliphatic rings. The molecule has 0 N–H and O–H groups in total. The highest BCUT2D eigenvalue weighted by atomic mass is 35.5. The van der Waals surface area contributed by atoms with Crippen molar-refractivity contribution in [3.63, 3.8) is 0 Å². The Morgan fingerprint density at radius 2 is 2.15 bits per heavy atom. The van der Waals surface area contributed by atoms with Crippen LogP contribution in [0.3, 0.4) is 0 Å². The second kappa shape index (κ2) is 7.90. The molecule has 0 saturated carbocycles. The van der Waals surface area contributed by atoms with E-state index in [0.29, 0.717) is 26.2 Å². The SMILES string of the molecule is CN(C(=O)CN1C(=O)/C(=C\c2ccccc2Cl)SC1=S)[C@H]1CCS(=O)(=O)C1. The predicted octanol–water partition coefficient (Wildman–Crippen LogP) is 2.19. The number of hydrogen-bond donors (Lipinski definition) is 0. The number of nitrogens with zero attached hydrogens (tertiary/aromatic N) is 2. The molecule has 0 spiro atoms. The van der Waals surface area contributed by atoms with Crippen molar-refractivity contribution in [2.75, 3.05) is 25.1 Å². The van der Waals surface area contributed by atoms with E-state index in [1.807, 2.05) is 6.07 Å². The molecule has 2 amide bonds. The van der Waals surface area contributed by atoms with Crippen LogP contribution in [-0.2, 0) is 19.4 Å². The van der Waals surface area contributed by atoms with Crippen LogP contribution in [0.4, 0.5) is 0 Å². The van der Waals surface area contributed by atoms with E-state index in [9.17, 15) is 18.0 Å². The molecule has 144 valence electrons. The molecular weight excluding hydrogens is 428 g/mol. The van der Waals surface area contributed by atoms with Crippen LogP contribution in [0, 0.1) is 0 Å². The van der Waals surface area contributed by atoms with E-state index in [1.54, 1.807) is 31.3 Å². The highest BCUT2D eigenvalue weighted by Crippen LogP contribution is 2.33. The van der Waals surface area contributed by atoms with E-state index in [2.05, 4.69) is 0 Å². The van der Waals surface area contributed by atoms with Gasteiger partial charge >= 0.3 is 0 Å². The quantitative estimate of drug-likeness (QED) is 0.523. The Hall–Kier alpha value is -1.42. The lowest BCUT2D eigenvalue weighted by Gasteiger charge is -2.25. The van der Waals surface area contributed by atoms with E-state index in [0.717, 1.165) is 11.8 Å². The average molecular weight is 445 g/mol. The number of halogens is 1. The third kappa shape index (κ3) is 4.53. The summed E-state index contributed by atoms with van der Waals surface area (Å²) in [5, 5.41) is 0.515. The summed E-state index contributed by atoms with van der Waals surface area (Å²) in [6.45, 7) is -0.211. The van der Waals surface area contributed by atoms with Crippen molar-refractivity contribution in [1.29, 1.82) is 0 Å². The number of sulfone groups is 1. The van der Waals surface area contributed by atoms with Crippen LogP contribution in [0.2, 0.25) is 5.02 Å². The van der Waals surface area contributed by atoms with Gasteiger partial charge < -0.3 is 4.90 Å². The Morgan fingerprint density at radius 3 is 2.78 bits per heavy atom. The molecule has 2 heterocycles. The normalized spacial score (nSPS) is 23.3. The van der Waals surface area contributed by atoms with Crippen LogP contribution in [0.15, 0.2) is 29.2 Å². The summed E-state index contributed by atoms with van der Waals surface area (Å²) < 4.78 is 23.5. The van der Waals surface area contributed by atoms with Gasteiger partial charge in [-0.25, -0.2) is 8.42 Å². The fraction of sp³-hybridized carbons (Fsp3) is 0.353. The van der Waals surface area contributed by atoms with Gasteiger partial charge in [0.25, 0.3) is 5.91 Å². The van der Waals surface area contributed by atoms with E-state index in [1.165, 1.54) is 9.80 Å². The summed E-state index contributed by atoms with van der Waals surface area (Å²) in [7, 11) is -1.54. The van der Waals surface area contributed by atoms with Gasteiger partial charge in [-0.05, 0) is 24.1 Å². The van der Waals surface area contributed by atoms with Gasteiger partial charge in [0.05, 0.1) is 16.4 Å². The highest BCUT2D eigenvalue weighted by molar-refractivity contribution is 8.26. The van der Waals surface area contributed by atoms with E-state index in [-0.39, 0.29) is 35.9 Å². The minimum absolute atomic E-state index is 0.0416. The van der Waals surface area contributed by atoms with Crippen molar-refractivity contribution in [3.05, 3.63) is 39.8 Å². The number of thioether (sulfide) groups is 1. The van der Waals surface area contributed by atoms with Crippen LogP contribution in [0.5, 0.6) is 0 Å². The van der Waals surface area contributed by atoms with Gasteiger partial charge in [0.1, 0.15) is 10.9 Å². The molecule has 1 aromatic carbocycles. The molecule has 1 aromatic rings. The van der Waals surface area contributed by atoms with Crippen molar-refractivity contribution in [2.24, 2.45) is 0 Å². The molecule has 6 nitrogen and oxygen atoms in total. The zero-order valence-corrected chi connectivity index (χ0v) is 17.6. The molecule has 3 rings (SSSR count). The predicted molar refractivity (Wildman–Crippen MR) is 111 cm³/mol. The first-order valence-corrected chi connectivity index (χ1v) is 11.6. The second-order valence-corrected chi connectivity index (χ2v) is 10.7. The van der Waals surface area contributed by atoms with Crippen molar-refractivity contribution < 1.29 is 18.0 Å². The van der Waals surface area contributed by atoms with Crippen LogP contribution < -0.4 is 0 Å². The van der Waals surface area contributed by atoms with Crippen LogP contribution in [-0.4, -0.2) is 65.5 Å². The van der Waals surface area contributed by atoms with Gasteiger partial charge in [-0.2, -0.15) is 0 Å². The van der Waals surface area contributed by atoms with E-state index >= 15 is 0 Å². The van der Waals surface area contributed by atoms with Gasteiger partial charge in [0, 0.05) is 18.1 Å². The largest absolute Gasteiger partial charge is 0.340 e. The Kier molecular flexibility index (Phi) is 5.95. The smallest absolute Gasteiger partial charge is 0.266 e. The van der Waals surface area contributed by atoms with Gasteiger partial charge in [-0.15, -0.1) is 0 Å². The molecule has 0 bridgehead atoms. The first-order chi connectivity index (χ1) is 12.7. The number of carbonyl (C=O) groups is 2. The first-order valence-electron chi connectivity index (χ1n) is 8.14. The summed E-state index contributed by atoms with van der Waals surface area (Å²) in [6.07, 6.45) is 2.06. The Balaban J connectivity index is 1.70. The summed E-state index contributed by atoms with van der Waals surface area (Å²) in [4.78, 5) is 28.2. The van der Waals surface area contributed by atoms with Crippen LogP contribution in [0.1, 0.15) is 12.0 Å². The summed E-state index contributed by atoms with van der Waals surface area (Å²) >= 11 is 12.5. The maximum atomic E-state index is 12.7. The minimum Gasteiger partial charge on any atom is -0.340 e. The molecule has 10 heteroatoms. The molecule has 1 atom stereocenters. The summed E-state index contributed by atoms with van der Waals surface area (Å²) in [5.74, 6) is -0.658. The number of benzene rings is 1. The van der Waals surface area contributed by atoms with E-state index in [4.69, 9.17) is 23.8 Å². The summed E-state index contributed by atoms with van der Waals surface area (Å²) in [6, 6.07) is 6.76. The Morgan fingerprint density at radius 1 is 1.44 bits per heavy atom. The number of likely N-dealkylation sites (N-methyl/N-ethyl adjacent to an activating group) is 1. The first kappa shape index (κ1) is 20.3. The number of rotatable bonds is 4. The maximum Gasteiger partial charge on any atom is 0.266 e. The average Bonchev–Trinajstić information content (AvgIpc) is 3.10. The van der Waals surface area contributed by atoms with Crippen molar-refractivity contribution >= 4 is 67.6 Å². The Bertz CT molecular complexity index is 945. The van der Waals surface area contributed by atoms with Gasteiger partial charge in [-0.1, -0.05) is 53.8 Å². The minimum atomic E-state index is -3.10. The van der Waals surface area contributed by atoms with Gasteiger partial charge in [0.2, 0.25) is 5.91 Å². The maximum absolute atomic E-state index is 12.7. The van der Waals surface area contributed by atoms with Crippen molar-refractivity contribution in [2.45, 2.75) is 12.5 Å². The number of carbonyl (C=O) groups excluding carboxylic acids is 2. The lowest BCUT2D eigenvalue weighted by Crippen LogP contribution is -2.45. The fourth-order valence-corrected chi connectivity index (χ4v) is 6.11. The standard InChI is InChI=1S/C17H17ClN2O4S3/c1-19(12-6-7-27(23,24)10-12)15(21)9-20-16(22)14(26-17(20)25)8-11-4-2-3-5-13(11)18/h2-5,8,12H,6-7,9-10H2,1H3/b14-8+/t12-/m0/s1. The number of thiocarbonyl (C=S) groups is 1. The third-order valence-electron chi connectivity index (χ3n) is 4.51. The second-order valence-electron chi connectivity index (χ2n) is 6.35. The van der Waals surface area contributed by atoms with E-state index < -0.39 is 9.84 Å². The zero-order chi connectivity index (χ0) is 19.8. The molecule has 0 aromatic heterocycles. The fourth-order valence-electron chi connectivity index (χ4n) is 2.90. The molecular formula is C17H17ClN2O4S3. The number of hydrogen-bond acceptors (Lipinski definition) is 6. The molecule has 2 fully saturated rings. The molecule has 27 heavy (non-hydrogen) atoms. The molecule has 0 unspecified atom stereocenters. The third-order valence-corrected chi connectivity index (χ3v) is 7.98. The van der Waals surface area contributed by atoms with Crippen LogP contribution >= 0.6 is 35.6 Å². The lowest BCUT2D eigenvalue weighted by molar-refractivity contribution is -0.135. The van der Waals surface area contributed by atoms with Gasteiger partial charge in [-0.3, -0.25) is 14.5 Å². The molecule has 2 saturated heterocycles.